The predicted octanol–water partition coefficient (Wildman–Crippen LogP) is 5.28. The SMILES string of the molecule is [C-]#[N+]c1cccc(-n2c3ccc([N+]#[C-])cc3c3cccnc32)c1. The van der Waals surface area contributed by atoms with Gasteiger partial charge in [-0.25, -0.2) is 14.7 Å². The molecule has 2 heterocycles. The van der Waals surface area contributed by atoms with Crippen molar-refractivity contribution in [3.8, 4) is 5.69 Å². The van der Waals surface area contributed by atoms with Crippen LogP contribution in [0.2, 0.25) is 0 Å². The molecule has 0 aliphatic rings. The average Bonchev–Trinajstić information content (AvgIpc) is 2.95. The highest BCUT2D eigenvalue weighted by Crippen LogP contribution is 2.33. The van der Waals surface area contributed by atoms with E-state index in [0.717, 1.165) is 27.6 Å². The molecule has 0 aliphatic heterocycles. The predicted molar refractivity (Wildman–Crippen MR) is 91.1 cm³/mol. The van der Waals surface area contributed by atoms with E-state index in [2.05, 4.69) is 14.7 Å². The van der Waals surface area contributed by atoms with Gasteiger partial charge in [0.1, 0.15) is 5.65 Å². The maximum Gasteiger partial charge on any atom is 0.189 e. The van der Waals surface area contributed by atoms with Gasteiger partial charge >= 0.3 is 0 Å². The van der Waals surface area contributed by atoms with E-state index >= 15 is 0 Å². The zero-order valence-electron chi connectivity index (χ0n) is 12.1. The minimum absolute atomic E-state index is 0.589. The Bertz CT molecular complexity index is 1140. The zero-order chi connectivity index (χ0) is 15.8. The third-order valence-corrected chi connectivity index (χ3v) is 3.86. The summed E-state index contributed by atoms with van der Waals surface area (Å²) >= 11 is 0. The maximum atomic E-state index is 7.22. The molecule has 0 N–H and O–H groups in total. The highest BCUT2D eigenvalue weighted by Gasteiger charge is 2.13. The molecule has 0 saturated carbocycles. The van der Waals surface area contributed by atoms with Gasteiger partial charge < -0.3 is 0 Å². The van der Waals surface area contributed by atoms with Gasteiger partial charge in [-0.05, 0) is 41.8 Å². The summed E-state index contributed by atoms with van der Waals surface area (Å²) in [6.07, 6.45) is 1.76. The summed E-state index contributed by atoms with van der Waals surface area (Å²) < 4.78 is 2.03. The fourth-order valence-corrected chi connectivity index (χ4v) is 2.87. The number of aromatic nitrogens is 2. The first kappa shape index (κ1) is 13.1. The second-order valence-electron chi connectivity index (χ2n) is 5.15. The number of hydrogen-bond donors (Lipinski definition) is 0. The molecule has 0 radical (unpaired) electrons. The molecule has 4 aromatic rings. The highest BCUT2D eigenvalue weighted by molar-refractivity contribution is 6.09. The molecule has 0 bridgehead atoms. The summed E-state index contributed by atoms with van der Waals surface area (Å²) in [4.78, 5) is 11.5. The smallest absolute Gasteiger partial charge is 0.189 e. The lowest BCUT2D eigenvalue weighted by Gasteiger charge is -2.07. The lowest BCUT2D eigenvalue weighted by molar-refractivity contribution is 1.14. The van der Waals surface area contributed by atoms with E-state index in [1.165, 1.54) is 0 Å². The lowest BCUT2D eigenvalue weighted by Crippen LogP contribution is -1.94. The average molecular weight is 294 g/mol. The summed E-state index contributed by atoms with van der Waals surface area (Å²) in [5, 5.41) is 2.00. The van der Waals surface area contributed by atoms with Crippen molar-refractivity contribution in [3.63, 3.8) is 0 Å². The van der Waals surface area contributed by atoms with Crippen molar-refractivity contribution >= 4 is 33.3 Å². The highest BCUT2D eigenvalue weighted by atomic mass is 15.0. The van der Waals surface area contributed by atoms with Gasteiger partial charge in [-0.1, -0.05) is 18.2 Å². The minimum atomic E-state index is 0.589. The second kappa shape index (κ2) is 4.98. The van der Waals surface area contributed by atoms with Crippen LogP contribution in [0.1, 0.15) is 0 Å². The first-order valence-electron chi connectivity index (χ1n) is 7.06. The van der Waals surface area contributed by atoms with Gasteiger partial charge in [-0.15, -0.1) is 0 Å². The van der Waals surface area contributed by atoms with Crippen molar-refractivity contribution in [3.05, 3.63) is 83.6 Å². The molecule has 2 aromatic heterocycles. The van der Waals surface area contributed by atoms with Crippen molar-refractivity contribution in [2.45, 2.75) is 0 Å². The van der Waals surface area contributed by atoms with Crippen molar-refractivity contribution in [1.29, 1.82) is 0 Å². The minimum Gasteiger partial charge on any atom is -0.295 e. The fraction of sp³-hybridized carbons (Fsp3) is 0. The molecule has 106 valence electrons. The Hall–Kier alpha value is -3.63. The molecule has 2 aromatic carbocycles. The monoisotopic (exact) mass is 294 g/mol. The van der Waals surface area contributed by atoms with Crippen LogP contribution in [0.15, 0.2) is 60.8 Å². The number of fused-ring (bicyclic) bond motifs is 3. The van der Waals surface area contributed by atoms with Gasteiger partial charge in [0.15, 0.2) is 11.4 Å². The van der Waals surface area contributed by atoms with Crippen molar-refractivity contribution in [2.75, 3.05) is 0 Å². The number of benzene rings is 2. The van der Waals surface area contributed by atoms with Crippen molar-refractivity contribution < 1.29 is 0 Å². The third-order valence-electron chi connectivity index (χ3n) is 3.86. The topological polar surface area (TPSA) is 26.5 Å². The van der Waals surface area contributed by atoms with Crippen molar-refractivity contribution in [2.24, 2.45) is 0 Å². The quantitative estimate of drug-likeness (QED) is 0.439. The Kier molecular flexibility index (Phi) is 2.83. The van der Waals surface area contributed by atoms with Crippen LogP contribution in [0.25, 0.3) is 37.3 Å². The normalized spacial score (nSPS) is 10.5. The molecule has 0 aliphatic carbocycles. The molecular formula is C19H10N4. The van der Waals surface area contributed by atoms with Gasteiger partial charge in [0.2, 0.25) is 0 Å². The molecule has 0 spiro atoms. The molecule has 0 amide bonds. The van der Waals surface area contributed by atoms with Crippen molar-refractivity contribution in [1.82, 2.24) is 9.55 Å². The molecule has 0 saturated heterocycles. The van der Waals surface area contributed by atoms with Crippen LogP contribution in [-0.2, 0) is 0 Å². The summed E-state index contributed by atoms with van der Waals surface area (Å²) in [5.41, 5.74) is 3.90. The molecule has 4 rings (SSSR count). The Morgan fingerprint density at radius 2 is 1.65 bits per heavy atom. The molecule has 4 heteroatoms. The standard InChI is InChI=1S/C19H10N4/c1-20-13-5-3-6-15(11-13)23-18-9-8-14(21-2)12-17(18)16-7-4-10-22-19(16)23/h3-12H. The number of pyridine rings is 1. The van der Waals surface area contributed by atoms with Gasteiger partial charge in [0.05, 0.1) is 18.7 Å². The van der Waals surface area contributed by atoms with Crippen LogP contribution in [0.4, 0.5) is 11.4 Å². The third kappa shape index (κ3) is 1.94. The molecule has 0 unspecified atom stereocenters. The number of hydrogen-bond acceptors (Lipinski definition) is 1. The Morgan fingerprint density at radius 3 is 2.48 bits per heavy atom. The number of rotatable bonds is 1. The van der Waals surface area contributed by atoms with E-state index in [9.17, 15) is 0 Å². The van der Waals surface area contributed by atoms with E-state index in [4.69, 9.17) is 13.1 Å². The van der Waals surface area contributed by atoms with Crippen LogP contribution in [-0.4, -0.2) is 9.55 Å². The van der Waals surface area contributed by atoms with Crippen LogP contribution in [0.3, 0.4) is 0 Å². The Labute approximate surface area is 132 Å². The largest absolute Gasteiger partial charge is 0.295 e. The van der Waals surface area contributed by atoms with E-state index in [1.54, 1.807) is 12.3 Å². The maximum absolute atomic E-state index is 7.22. The first-order chi connectivity index (χ1) is 11.3. The van der Waals surface area contributed by atoms with E-state index < -0.39 is 0 Å². The Morgan fingerprint density at radius 1 is 0.826 bits per heavy atom. The van der Waals surface area contributed by atoms with Crippen LogP contribution in [0.5, 0.6) is 0 Å². The molecule has 4 nitrogen and oxygen atoms in total. The van der Waals surface area contributed by atoms with Gasteiger partial charge in [0, 0.05) is 17.3 Å². The Balaban J connectivity index is 2.16. The number of nitrogens with zero attached hydrogens (tertiary/aromatic N) is 4. The molecular weight excluding hydrogens is 284 g/mol. The van der Waals surface area contributed by atoms with Gasteiger partial charge in [0.25, 0.3) is 0 Å². The fourth-order valence-electron chi connectivity index (χ4n) is 2.87. The summed E-state index contributed by atoms with van der Waals surface area (Å²) in [6.45, 7) is 14.4. The molecule has 23 heavy (non-hydrogen) atoms. The van der Waals surface area contributed by atoms with Crippen LogP contribution < -0.4 is 0 Å². The van der Waals surface area contributed by atoms with Crippen LogP contribution in [0, 0.1) is 13.1 Å². The van der Waals surface area contributed by atoms with Crippen LogP contribution >= 0.6 is 0 Å². The van der Waals surface area contributed by atoms with Gasteiger partial charge in [-0.3, -0.25) is 4.57 Å². The van der Waals surface area contributed by atoms with E-state index in [1.807, 2.05) is 53.1 Å². The van der Waals surface area contributed by atoms with E-state index in [0.29, 0.717) is 11.4 Å². The molecule has 0 atom stereocenters. The summed E-state index contributed by atoms with van der Waals surface area (Å²) in [6, 6.07) is 17.0. The van der Waals surface area contributed by atoms with Gasteiger partial charge in [-0.2, -0.15) is 0 Å². The first-order valence-corrected chi connectivity index (χ1v) is 7.06. The second-order valence-corrected chi connectivity index (χ2v) is 5.15. The lowest BCUT2D eigenvalue weighted by atomic mass is 10.2. The zero-order valence-corrected chi connectivity index (χ0v) is 12.1. The summed E-state index contributed by atoms with van der Waals surface area (Å²) in [7, 11) is 0. The molecule has 0 fully saturated rings. The van der Waals surface area contributed by atoms with E-state index in [-0.39, 0.29) is 0 Å². The summed E-state index contributed by atoms with van der Waals surface area (Å²) in [5.74, 6) is 0.